The summed E-state index contributed by atoms with van der Waals surface area (Å²) in [7, 11) is 0. The minimum atomic E-state index is -0.369. The van der Waals surface area contributed by atoms with Gasteiger partial charge in [0, 0.05) is 0 Å². The molecule has 0 radical (unpaired) electrons. The molecule has 0 aromatic heterocycles. The van der Waals surface area contributed by atoms with Crippen molar-refractivity contribution in [3.05, 3.63) is 0 Å². The van der Waals surface area contributed by atoms with Gasteiger partial charge in [-0.05, 0) is 20.8 Å². The zero-order chi connectivity index (χ0) is 9.61. The predicted octanol–water partition coefficient (Wildman–Crippen LogP) is 0.416. The van der Waals surface area contributed by atoms with E-state index in [9.17, 15) is 9.59 Å². The monoisotopic (exact) mass is 173 g/mol. The molecule has 4 heteroatoms. The van der Waals surface area contributed by atoms with Crippen molar-refractivity contribution in [3.8, 4) is 0 Å². The van der Waals surface area contributed by atoms with Crippen molar-refractivity contribution in [1.82, 2.24) is 5.06 Å². The van der Waals surface area contributed by atoms with E-state index in [1.165, 1.54) is 5.06 Å². The Bertz CT molecular complexity index is 141. The highest BCUT2D eigenvalue weighted by molar-refractivity contribution is 5.55. The molecule has 0 heterocycles. The summed E-state index contributed by atoms with van der Waals surface area (Å²) < 4.78 is 0. The van der Waals surface area contributed by atoms with E-state index in [4.69, 9.17) is 4.84 Å². The van der Waals surface area contributed by atoms with Crippen molar-refractivity contribution < 1.29 is 14.4 Å². The van der Waals surface area contributed by atoms with Crippen molar-refractivity contribution in [2.24, 2.45) is 0 Å². The van der Waals surface area contributed by atoms with Crippen LogP contribution in [0.15, 0.2) is 0 Å². The van der Waals surface area contributed by atoms with Gasteiger partial charge in [0.05, 0.1) is 18.7 Å². The van der Waals surface area contributed by atoms with Gasteiger partial charge in [0.1, 0.15) is 12.6 Å². The summed E-state index contributed by atoms with van der Waals surface area (Å²) >= 11 is 0. The Morgan fingerprint density at radius 3 is 1.83 bits per heavy atom. The number of aldehydes is 2. The molecule has 0 aliphatic rings. The highest BCUT2D eigenvalue weighted by atomic mass is 16.7. The Hall–Kier alpha value is -0.740. The van der Waals surface area contributed by atoms with Gasteiger partial charge >= 0.3 is 0 Å². The Balaban J connectivity index is 3.93. The second kappa shape index (κ2) is 5.00. The first-order valence-corrected chi connectivity index (χ1v) is 3.81. The van der Waals surface area contributed by atoms with Crippen LogP contribution in [0, 0.1) is 0 Å². The maximum Gasteiger partial charge on any atom is 0.136 e. The van der Waals surface area contributed by atoms with Crippen LogP contribution in [0.25, 0.3) is 0 Å². The molecule has 0 bridgehead atoms. The predicted molar refractivity (Wildman–Crippen MR) is 44.5 cm³/mol. The average Bonchev–Trinajstić information content (AvgIpc) is 1.84. The van der Waals surface area contributed by atoms with Crippen molar-refractivity contribution in [2.75, 3.05) is 13.1 Å². The van der Waals surface area contributed by atoms with Crippen LogP contribution in [0.5, 0.6) is 0 Å². The van der Waals surface area contributed by atoms with Crippen LogP contribution < -0.4 is 0 Å². The molecule has 0 aromatic carbocycles. The molecule has 0 saturated carbocycles. The van der Waals surface area contributed by atoms with Gasteiger partial charge in [-0.2, -0.15) is 5.06 Å². The Morgan fingerprint density at radius 1 is 1.17 bits per heavy atom. The lowest BCUT2D eigenvalue weighted by Gasteiger charge is -2.26. The molecule has 0 aromatic rings. The quantitative estimate of drug-likeness (QED) is 0.446. The molecule has 0 fully saturated rings. The maximum absolute atomic E-state index is 10.1. The molecular weight excluding hydrogens is 158 g/mol. The zero-order valence-corrected chi connectivity index (χ0v) is 7.74. The van der Waals surface area contributed by atoms with Gasteiger partial charge in [-0.25, -0.2) is 0 Å². The molecule has 0 atom stereocenters. The second-order valence-electron chi connectivity index (χ2n) is 3.38. The molecule has 0 aliphatic heterocycles. The molecule has 0 N–H and O–H groups in total. The summed E-state index contributed by atoms with van der Waals surface area (Å²) in [5.41, 5.74) is -0.369. The third kappa shape index (κ3) is 6.00. The highest BCUT2D eigenvalue weighted by Crippen LogP contribution is 2.08. The summed E-state index contributed by atoms with van der Waals surface area (Å²) in [6, 6.07) is 0. The number of carbonyl (C=O) groups is 2. The minimum Gasteiger partial charge on any atom is -0.302 e. The largest absolute Gasteiger partial charge is 0.302 e. The van der Waals surface area contributed by atoms with E-state index < -0.39 is 0 Å². The fourth-order valence-electron chi connectivity index (χ4n) is 0.703. The third-order valence-electron chi connectivity index (χ3n) is 0.959. The van der Waals surface area contributed by atoms with Crippen molar-refractivity contribution >= 4 is 12.6 Å². The summed E-state index contributed by atoms with van der Waals surface area (Å²) in [6.07, 6.45) is 1.41. The number of hydrogen-bond donors (Lipinski definition) is 0. The molecule has 0 saturated heterocycles. The van der Waals surface area contributed by atoms with E-state index in [1.54, 1.807) is 0 Å². The third-order valence-corrected chi connectivity index (χ3v) is 0.959. The van der Waals surface area contributed by atoms with E-state index in [-0.39, 0.29) is 18.7 Å². The van der Waals surface area contributed by atoms with Crippen molar-refractivity contribution in [2.45, 2.75) is 26.4 Å². The average molecular weight is 173 g/mol. The van der Waals surface area contributed by atoms with Gasteiger partial charge in [-0.3, -0.25) is 4.84 Å². The van der Waals surface area contributed by atoms with Gasteiger partial charge < -0.3 is 9.59 Å². The molecular formula is C8H15NO3. The summed E-state index contributed by atoms with van der Waals surface area (Å²) in [5, 5.41) is 1.33. The van der Waals surface area contributed by atoms with Gasteiger partial charge in [-0.1, -0.05) is 0 Å². The zero-order valence-electron chi connectivity index (χ0n) is 7.74. The van der Waals surface area contributed by atoms with Crippen LogP contribution in [0.1, 0.15) is 20.8 Å². The van der Waals surface area contributed by atoms with Gasteiger partial charge in [-0.15, -0.1) is 0 Å². The summed E-state index contributed by atoms with van der Waals surface area (Å²) in [4.78, 5) is 25.6. The molecule has 0 spiro atoms. The first kappa shape index (κ1) is 11.3. The smallest absolute Gasteiger partial charge is 0.136 e. The number of hydrogen-bond acceptors (Lipinski definition) is 4. The maximum atomic E-state index is 10.1. The Labute approximate surface area is 72.4 Å². The lowest BCUT2D eigenvalue weighted by Crippen LogP contribution is -2.36. The standard InChI is InChI=1S/C8H15NO3/c1-8(2,3)12-9(4-6-10)5-7-11/h6-7H,4-5H2,1-3H3. The van der Waals surface area contributed by atoms with E-state index in [0.29, 0.717) is 12.6 Å². The molecule has 0 amide bonds. The summed E-state index contributed by atoms with van der Waals surface area (Å²) in [6.45, 7) is 5.81. The lowest BCUT2D eigenvalue weighted by atomic mass is 10.2. The van der Waals surface area contributed by atoms with Crippen LogP contribution in [0.3, 0.4) is 0 Å². The van der Waals surface area contributed by atoms with Gasteiger partial charge in [0.2, 0.25) is 0 Å². The molecule has 0 unspecified atom stereocenters. The SMILES string of the molecule is CC(C)(C)ON(CC=O)CC=O. The van der Waals surface area contributed by atoms with Crippen LogP contribution in [-0.2, 0) is 14.4 Å². The first-order valence-electron chi connectivity index (χ1n) is 3.81. The minimum absolute atomic E-state index is 0.121. The molecule has 0 aliphatic carbocycles. The Kier molecular flexibility index (Phi) is 4.70. The normalized spacial score (nSPS) is 11.7. The second-order valence-corrected chi connectivity index (χ2v) is 3.38. The molecule has 70 valence electrons. The Morgan fingerprint density at radius 2 is 1.58 bits per heavy atom. The van der Waals surface area contributed by atoms with E-state index >= 15 is 0 Å². The van der Waals surface area contributed by atoms with Crippen LogP contribution >= 0.6 is 0 Å². The molecule has 0 rings (SSSR count). The fourth-order valence-corrected chi connectivity index (χ4v) is 0.703. The van der Waals surface area contributed by atoms with Crippen molar-refractivity contribution in [1.29, 1.82) is 0 Å². The summed E-state index contributed by atoms with van der Waals surface area (Å²) in [5.74, 6) is 0. The van der Waals surface area contributed by atoms with Gasteiger partial charge in [0.25, 0.3) is 0 Å². The van der Waals surface area contributed by atoms with Gasteiger partial charge in [0.15, 0.2) is 0 Å². The molecule has 12 heavy (non-hydrogen) atoms. The number of carbonyl (C=O) groups excluding carboxylic acids is 2. The van der Waals surface area contributed by atoms with E-state index in [2.05, 4.69) is 0 Å². The fraction of sp³-hybridized carbons (Fsp3) is 0.750. The number of hydroxylamine groups is 2. The lowest BCUT2D eigenvalue weighted by molar-refractivity contribution is -0.221. The topological polar surface area (TPSA) is 46.6 Å². The van der Waals surface area contributed by atoms with E-state index in [1.807, 2.05) is 20.8 Å². The van der Waals surface area contributed by atoms with Crippen LogP contribution in [0.4, 0.5) is 0 Å². The van der Waals surface area contributed by atoms with Crippen LogP contribution in [-0.4, -0.2) is 36.3 Å². The van der Waals surface area contributed by atoms with Crippen molar-refractivity contribution in [3.63, 3.8) is 0 Å². The van der Waals surface area contributed by atoms with Crippen LogP contribution in [0.2, 0.25) is 0 Å². The molecule has 4 nitrogen and oxygen atoms in total. The highest BCUT2D eigenvalue weighted by Gasteiger charge is 2.15. The van der Waals surface area contributed by atoms with E-state index in [0.717, 1.165) is 0 Å². The number of rotatable bonds is 5. The first-order chi connectivity index (χ1) is 5.49. The number of nitrogens with zero attached hydrogens (tertiary/aromatic N) is 1.